The van der Waals surface area contributed by atoms with E-state index in [9.17, 15) is 5.26 Å². The molecule has 1 rings (SSSR count). The summed E-state index contributed by atoms with van der Waals surface area (Å²) in [5, 5.41) is 27.1. The summed E-state index contributed by atoms with van der Waals surface area (Å²) in [5.41, 5.74) is 0. The Balaban J connectivity index is 2.42. The van der Waals surface area contributed by atoms with Crippen LogP contribution in [0.4, 0.5) is 0 Å². The van der Waals surface area contributed by atoms with Crippen molar-refractivity contribution in [3.05, 3.63) is 24.3 Å². The molecule has 0 aromatic carbocycles. The van der Waals surface area contributed by atoms with Gasteiger partial charge in [0.15, 0.2) is 0 Å². The number of allylic oxidation sites excluding steroid dienone is 3. The minimum Gasteiger partial charge on any atom is -0.396 e. The molecule has 0 aliphatic heterocycles. The van der Waals surface area contributed by atoms with Crippen LogP contribution < -0.4 is 0 Å². The second kappa shape index (κ2) is 7.97. The molecule has 0 saturated carbocycles. The van der Waals surface area contributed by atoms with Gasteiger partial charge in [-0.15, -0.1) is 11.8 Å². The van der Waals surface area contributed by atoms with Crippen molar-refractivity contribution in [1.29, 1.82) is 10.5 Å². The van der Waals surface area contributed by atoms with Crippen LogP contribution in [0.2, 0.25) is 0 Å². The van der Waals surface area contributed by atoms with E-state index in [1.54, 1.807) is 17.8 Å². The van der Waals surface area contributed by atoms with Gasteiger partial charge in [0.2, 0.25) is 0 Å². The topological polar surface area (TPSA) is 67.8 Å². The third kappa shape index (κ3) is 3.91. The Morgan fingerprint density at radius 2 is 1.94 bits per heavy atom. The van der Waals surface area contributed by atoms with Gasteiger partial charge in [-0.1, -0.05) is 37.1 Å². The number of rotatable bonds is 7. The Kier molecular flexibility index (Phi) is 6.57. The summed E-state index contributed by atoms with van der Waals surface area (Å²) in [4.78, 5) is 0. The molecule has 1 aliphatic carbocycles. The summed E-state index contributed by atoms with van der Waals surface area (Å²) in [5.74, 6) is 0.505. The number of aliphatic hydroxyl groups excluding tert-OH is 1. The molecule has 0 aromatic rings. The summed E-state index contributed by atoms with van der Waals surface area (Å²) in [6, 6.07) is 4.48. The Hall–Kier alpha value is -1.23. The van der Waals surface area contributed by atoms with Crippen LogP contribution in [0, 0.1) is 28.6 Å². The first-order valence-electron chi connectivity index (χ1n) is 6.21. The Labute approximate surface area is 113 Å². The lowest BCUT2D eigenvalue weighted by Gasteiger charge is -2.27. The number of thioether (sulfide) groups is 1. The molecular weight excluding hydrogens is 244 g/mol. The highest BCUT2D eigenvalue weighted by molar-refractivity contribution is 8.01. The summed E-state index contributed by atoms with van der Waals surface area (Å²) < 4.78 is -0.722. The third-order valence-corrected chi connectivity index (χ3v) is 4.38. The predicted molar refractivity (Wildman–Crippen MR) is 73.7 cm³/mol. The minimum absolute atomic E-state index is 0.249. The molecule has 0 fully saturated rings. The molecule has 0 radical (unpaired) electrons. The average molecular weight is 262 g/mol. The van der Waals surface area contributed by atoms with Crippen molar-refractivity contribution < 1.29 is 5.11 Å². The van der Waals surface area contributed by atoms with Crippen molar-refractivity contribution in [2.75, 3.05) is 12.4 Å². The van der Waals surface area contributed by atoms with Gasteiger partial charge in [-0.3, -0.25) is 0 Å². The Bertz CT molecular complexity index is 392. The molecule has 96 valence electrons. The molecule has 1 N–H and O–H groups in total. The minimum atomic E-state index is -0.722. The maximum Gasteiger partial charge on any atom is 0.140 e. The van der Waals surface area contributed by atoms with Crippen LogP contribution in [0.15, 0.2) is 24.3 Å². The summed E-state index contributed by atoms with van der Waals surface area (Å²) in [6.07, 6.45) is 11.2. The molecular formula is C14H18N2OS. The van der Waals surface area contributed by atoms with Gasteiger partial charge in [0.05, 0.1) is 18.1 Å². The predicted octanol–water partition coefficient (Wildman–Crippen LogP) is 2.80. The van der Waals surface area contributed by atoms with Gasteiger partial charge in [-0.2, -0.15) is 10.5 Å². The summed E-state index contributed by atoms with van der Waals surface area (Å²) in [6.45, 7) is 0.249. The van der Waals surface area contributed by atoms with Gasteiger partial charge in [0.25, 0.3) is 0 Å². The molecule has 2 atom stereocenters. The molecule has 1 aliphatic rings. The van der Waals surface area contributed by atoms with Gasteiger partial charge < -0.3 is 5.11 Å². The van der Waals surface area contributed by atoms with E-state index < -0.39 is 4.75 Å². The lowest BCUT2D eigenvalue weighted by Crippen LogP contribution is -2.30. The molecule has 0 amide bonds. The first kappa shape index (κ1) is 14.8. The first-order valence-corrected chi connectivity index (χ1v) is 7.19. The lowest BCUT2D eigenvalue weighted by molar-refractivity contribution is 0.283. The zero-order valence-electron chi connectivity index (χ0n) is 10.4. The van der Waals surface area contributed by atoms with Crippen LogP contribution in [0.5, 0.6) is 0 Å². The van der Waals surface area contributed by atoms with Crippen molar-refractivity contribution in [2.45, 2.75) is 30.4 Å². The van der Waals surface area contributed by atoms with Crippen molar-refractivity contribution >= 4 is 11.8 Å². The quantitative estimate of drug-likeness (QED) is 0.716. The number of nitrogens with zero attached hydrogens (tertiary/aromatic N) is 2. The van der Waals surface area contributed by atoms with Crippen molar-refractivity contribution in [3.63, 3.8) is 0 Å². The maximum absolute atomic E-state index is 9.34. The van der Waals surface area contributed by atoms with Crippen LogP contribution in [0.3, 0.4) is 0 Å². The fraction of sp³-hybridized carbons (Fsp3) is 0.571. The highest BCUT2D eigenvalue weighted by Crippen LogP contribution is 2.37. The molecule has 4 heteroatoms. The molecule has 0 heterocycles. The number of hydrogen-bond acceptors (Lipinski definition) is 4. The van der Waals surface area contributed by atoms with E-state index >= 15 is 0 Å². The van der Waals surface area contributed by atoms with Gasteiger partial charge >= 0.3 is 0 Å². The molecule has 18 heavy (non-hydrogen) atoms. The normalized spacial score (nSPS) is 25.6. The van der Waals surface area contributed by atoms with Crippen LogP contribution in [-0.4, -0.2) is 22.2 Å². The van der Waals surface area contributed by atoms with Crippen LogP contribution in [0.25, 0.3) is 0 Å². The van der Waals surface area contributed by atoms with Gasteiger partial charge in [0, 0.05) is 6.61 Å². The molecule has 0 bridgehead atoms. The fourth-order valence-electron chi connectivity index (χ4n) is 1.84. The van der Waals surface area contributed by atoms with Crippen molar-refractivity contribution in [3.8, 4) is 12.1 Å². The van der Waals surface area contributed by atoms with E-state index in [2.05, 4.69) is 12.1 Å². The van der Waals surface area contributed by atoms with Gasteiger partial charge in [-0.25, -0.2) is 0 Å². The molecule has 0 aromatic heterocycles. The van der Waals surface area contributed by atoms with E-state index in [1.165, 1.54) is 0 Å². The van der Waals surface area contributed by atoms with E-state index in [4.69, 9.17) is 10.4 Å². The molecule has 2 unspecified atom stereocenters. The number of hydrogen-bond donors (Lipinski definition) is 1. The fourth-order valence-corrected chi connectivity index (χ4v) is 3.08. The van der Waals surface area contributed by atoms with E-state index in [0.717, 1.165) is 31.4 Å². The van der Waals surface area contributed by atoms with Crippen molar-refractivity contribution in [2.24, 2.45) is 5.92 Å². The maximum atomic E-state index is 9.34. The highest BCUT2D eigenvalue weighted by Gasteiger charge is 2.37. The van der Waals surface area contributed by atoms with E-state index in [1.807, 2.05) is 18.2 Å². The summed E-state index contributed by atoms with van der Waals surface area (Å²) >= 11 is 1.55. The number of aliphatic hydroxyl groups is 1. The molecule has 0 saturated heterocycles. The summed E-state index contributed by atoms with van der Waals surface area (Å²) in [7, 11) is 0. The third-order valence-electron chi connectivity index (χ3n) is 2.93. The standard InChI is InChI=1S/C14H18N2OS/c15-11-13-7-3-4-8-14(13,12-16)18-10-6-2-1-5-9-17/h3-4,7-8,13,17H,1-2,5-6,9-10H2. The monoisotopic (exact) mass is 262 g/mol. The highest BCUT2D eigenvalue weighted by atomic mass is 32.2. The SMILES string of the molecule is N#CC1C=CC=CC1(C#N)SCCCCCCO. The number of nitriles is 2. The van der Waals surface area contributed by atoms with Crippen LogP contribution in [0.1, 0.15) is 25.7 Å². The molecule has 0 spiro atoms. The van der Waals surface area contributed by atoms with Crippen molar-refractivity contribution in [1.82, 2.24) is 0 Å². The first-order chi connectivity index (χ1) is 8.79. The smallest absolute Gasteiger partial charge is 0.140 e. The lowest BCUT2D eigenvalue weighted by atomic mass is 9.90. The second-order valence-corrected chi connectivity index (χ2v) is 5.61. The van der Waals surface area contributed by atoms with Crippen LogP contribution in [-0.2, 0) is 0 Å². The Morgan fingerprint density at radius 1 is 1.17 bits per heavy atom. The van der Waals surface area contributed by atoms with Gasteiger partial charge in [-0.05, 0) is 18.6 Å². The largest absolute Gasteiger partial charge is 0.396 e. The van der Waals surface area contributed by atoms with E-state index in [0.29, 0.717) is 0 Å². The zero-order chi connectivity index (χ0) is 13.3. The zero-order valence-corrected chi connectivity index (χ0v) is 11.2. The molecule has 3 nitrogen and oxygen atoms in total. The second-order valence-electron chi connectivity index (χ2n) is 4.24. The number of unbranched alkanes of at least 4 members (excludes halogenated alkanes) is 3. The van der Waals surface area contributed by atoms with Crippen LogP contribution >= 0.6 is 11.8 Å². The van der Waals surface area contributed by atoms with E-state index in [-0.39, 0.29) is 12.5 Å². The van der Waals surface area contributed by atoms with Gasteiger partial charge in [0.1, 0.15) is 4.75 Å². The average Bonchev–Trinajstić information content (AvgIpc) is 2.43. The Morgan fingerprint density at radius 3 is 2.61 bits per heavy atom.